The van der Waals surface area contributed by atoms with Gasteiger partial charge in [0.2, 0.25) is 0 Å². The lowest BCUT2D eigenvalue weighted by Gasteiger charge is -2.03. The van der Waals surface area contributed by atoms with Crippen molar-refractivity contribution in [1.29, 1.82) is 0 Å². The molecule has 0 amide bonds. The molecule has 0 aliphatic rings. The van der Waals surface area contributed by atoms with E-state index in [4.69, 9.17) is 0 Å². The van der Waals surface area contributed by atoms with Crippen molar-refractivity contribution in [2.24, 2.45) is 0 Å². The standard InChI is InChI=1S/C11H13NO2/c1-3-9(4-2)10-6-5-7-11(8-10)12(13)14/h3,5-8H,4H2,1-2H3/b9-3+. The Hall–Kier alpha value is -1.64. The summed E-state index contributed by atoms with van der Waals surface area (Å²) in [5.41, 5.74) is 2.22. The van der Waals surface area contributed by atoms with Gasteiger partial charge in [0.05, 0.1) is 4.92 Å². The summed E-state index contributed by atoms with van der Waals surface area (Å²) in [6.45, 7) is 3.98. The summed E-state index contributed by atoms with van der Waals surface area (Å²) in [6.07, 6.45) is 2.87. The van der Waals surface area contributed by atoms with Crippen LogP contribution in [0.1, 0.15) is 25.8 Å². The van der Waals surface area contributed by atoms with Crippen LogP contribution in [-0.4, -0.2) is 4.92 Å². The van der Waals surface area contributed by atoms with Crippen molar-refractivity contribution in [3.63, 3.8) is 0 Å². The smallest absolute Gasteiger partial charge is 0.258 e. The van der Waals surface area contributed by atoms with Crippen molar-refractivity contribution in [3.05, 3.63) is 46.0 Å². The highest BCUT2D eigenvalue weighted by atomic mass is 16.6. The highest BCUT2D eigenvalue weighted by Gasteiger charge is 2.06. The Morgan fingerprint density at radius 3 is 2.79 bits per heavy atom. The highest BCUT2D eigenvalue weighted by molar-refractivity contribution is 5.66. The maximum Gasteiger partial charge on any atom is 0.270 e. The quantitative estimate of drug-likeness (QED) is 0.542. The first kappa shape index (κ1) is 10.4. The SMILES string of the molecule is C/C=C(\CC)c1cccc([N+](=O)[O-])c1. The average Bonchev–Trinajstić information content (AvgIpc) is 2.20. The molecule has 0 N–H and O–H groups in total. The number of non-ortho nitro benzene ring substituents is 1. The maximum absolute atomic E-state index is 10.5. The predicted molar refractivity (Wildman–Crippen MR) is 57.0 cm³/mol. The molecule has 0 bridgehead atoms. The monoisotopic (exact) mass is 191 g/mol. The molecular formula is C11H13NO2. The zero-order valence-corrected chi connectivity index (χ0v) is 8.36. The van der Waals surface area contributed by atoms with E-state index in [-0.39, 0.29) is 10.6 Å². The van der Waals surface area contributed by atoms with E-state index in [0.717, 1.165) is 17.6 Å². The summed E-state index contributed by atoms with van der Waals surface area (Å²) in [6, 6.07) is 6.73. The Morgan fingerprint density at radius 2 is 2.29 bits per heavy atom. The van der Waals surface area contributed by atoms with Gasteiger partial charge in [0.25, 0.3) is 5.69 Å². The molecule has 1 aromatic carbocycles. The van der Waals surface area contributed by atoms with E-state index in [9.17, 15) is 10.1 Å². The maximum atomic E-state index is 10.5. The Morgan fingerprint density at radius 1 is 1.57 bits per heavy atom. The van der Waals surface area contributed by atoms with Gasteiger partial charge in [-0.3, -0.25) is 10.1 Å². The molecule has 0 radical (unpaired) electrons. The van der Waals surface area contributed by atoms with E-state index >= 15 is 0 Å². The van der Waals surface area contributed by atoms with Gasteiger partial charge in [0.1, 0.15) is 0 Å². The Bertz CT molecular complexity index is 369. The van der Waals surface area contributed by atoms with Crippen LogP contribution >= 0.6 is 0 Å². The Labute approximate surface area is 83.2 Å². The molecule has 1 rings (SSSR count). The molecule has 3 heteroatoms. The molecule has 0 saturated carbocycles. The van der Waals surface area contributed by atoms with Gasteiger partial charge in [-0.15, -0.1) is 0 Å². The van der Waals surface area contributed by atoms with E-state index in [0.29, 0.717) is 0 Å². The molecule has 0 atom stereocenters. The number of nitrogens with zero attached hydrogens (tertiary/aromatic N) is 1. The summed E-state index contributed by atoms with van der Waals surface area (Å²) >= 11 is 0. The molecule has 3 nitrogen and oxygen atoms in total. The van der Waals surface area contributed by atoms with Crippen molar-refractivity contribution in [1.82, 2.24) is 0 Å². The number of rotatable bonds is 3. The van der Waals surface area contributed by atoms with E-state index < -0.39 is 0 Å². The van der Waals surface area contributed by atoms with Crippen molar-refractivity contribution >= 4 is 11.3 Å². The fourth-order valence-corrected chi connectivity index (χ4v) is 1.39. The van der Waals surface area contributed by atoms with Crippen LogP contribution in [0.3, 0.4) is 0 Å². The van der Waals surface area contributed by atoms with Crippen molar-refractivity contribution in [2.75, 3.05) is 0 Å². The number of benzene rings is 1. The van der Waals surface area contributed by atoms with Crippen LogP contribution in [0.15, 0.2) is 30.3 Å². The summed E-state index contributed by atoms with van der Waals surface area (Å²) in [4.78, 5) is 10.2. The van der Waals surface area contributed by atoms with Gasteiger partial charge >= 0.3 is 0 Å². The third kappa shape index (κ3) is 2.19. The van der Waals surface area contributed by atoms with Gasteiger partial charge in [-0.25, -0.2) is 0 Å². The molecule has 74 valence electrons. The number of nitro groups is 1. The lowest BCUT2D eigenvalue weighted by molar-refractivity contribution is -0.384. The predicted octanol–water partition coefficient (Wildman–Crippen LogP) is 3.41. The molecule has 1 aromatic rings. The van der Waals surface area contributed by atoms with Crippen LogP contribution < -0.4 is 0 Å². The average molecular weight is 191 g/mol. The first-order valence-electron chi connectivity index (χ1n) is 4.59. The van der Waals surface area contributed by atoms with Crippen LogP contribution in [0.4, 0.5) is 5.69 Å². The third-order valence-electron chi connectivity index (χ3n) is 2.16. The summed E-state index contributed by atoms with van der Waals surface area (Å²) in [7, 11) is 0. The zero-order chi connectivity index (χ0) is 10.6. The van der Waals surface area contributed by atoms with Crippen molar-refractivity contribution in [2.45, 2.75) is 20.3 Å². The van der Waals surface area contributed by atoms with Gasteiger partial charge in [-0.1, -0.05) is 25.1 Å². The number of hydrogen-bond donors (Lipinski definition) is 0. The first-order chi connectivity index (χ1) is 6.69. The molecule has 0 spiro atoms. The zero-order valence-electron chi connectivity index (χ0n) is 8.36. The van der Waals surface area contributed by atoms with Crippen LogP contribution in [0, 0.1) is 10.1 Å². The number of nitro benzene ring substituents is 1. The van der Waals surface area contributed by atoms with Crippen LogP contribution in [0.5, 0.6) is 0 Å². The fraction of sp³-hybridized carbons (Fsp3) is 0.273. The fourth-order valence-electron chi connectivity index (χ4n) is 1.39. The molecule has 0 saturated heterocycles. The highest BCUT2D eigenvalue weighted by Crippen LogP contribution is 2.22. The van der Waals surface area contributed by atoms with Gasteiger partial charge in [0, 0.05) is 12.1 Å². The van der Waals surface area contributed by atoms with E-state index in [1.165, 1.54) is 6.07 Å². The number of allylic oxidation sites excluding steroid dienone is 2. The van der Waals surface area contributed by atoms with Crippen LogP contribution in [0.25, 0.3) is 5.57 Å². The lowest BCUT2D eigenvalue weighted by Crippen LogP contribution is -1.89. The largest absolute Gasteiger partial charge is 0.270 e. The molecule has 0 aliphatic heterocycles. The van der Waals surface area contributed by atoms with E-state index in [1.54, 1.807) is 12.1 Å². The molecule has 14 heavy (non-hydrogen) atoms. The Balaban J connectivity index is 3.11. The minimum absolute atomic E-state index is 0.148. The Kier molecular flexibility index (Phi) is 3.40. The molecular weight excluding hydrogens is 178 g/mol. The number of hydrogen-bond acceptors (Lipinski definition) is 2. The lowest BCUT2D eigenvalue weighted by atomic mass is 10.0. The van der Waals surface area contributed by atoms with Gasteiger partial charge in [0.15, 0.2) is 0 Å². The minimum atomic E-state index is -0.369. The normalized spacial score (nSPS) is 11.4. The summed E-state index contributed by atoms with van der Waals surface area (Å²) < 4.78 is 0. The van der Waals surface area contributed by atoms with Gasteiger partial charge in [-0.05, 0) is 24.5 Å². The van der Waals surface area contributed by atoms with Crippen LogP contribution in [0.2, 0.25) is 0 Å². The van der Waals surface area contributed by atoms with E-state index in [2.05, 4.69) is 0 Å². The molecule has 0 fully saturated rings. The second-order valence-electron chi connectivity index (χ2n) is 2.97. The van der Waals surface area contributed by atoms with Gasteiger partial charge in [-0.2, -0.15) is 0 Å². The van der Waals surface area contributed by atoms with Crippen molar-refractivity contribution in [3.8, 4) is 0 Å². The third-order valence-corrected chi connectivity index (χ3v) is 2.16. The van der Waals surface area contributed by atoms with E-state index in [1.807, 2.05) is 26.0 Å². The van der Waals surface area contributed by atoms with Crippen LogP contribution in [-0.2, 0) is 0 Å². The molecule has 0 heterocycles. The summed E-state index contributed by atoms with van der Waals surface area (Å²) in [5.74, 6) is 0. The second-order valence-corrected chi connectivity index (χ2v) is 2.97. The van der Waals surface area contributed by atoms with Crippen molar-refractivity contribution < 1.29 is 4.92 Å². The summed E-state index contributed by atoms with van der Waals surface area (Å²) in [5, 5.41) is 10.5. The first-order valence-corrected chi connectivity index (χ1v) is 4.59. The topological polar surface area (TPSA) is 43.1 Å². The minimum Gasteiger partial charge on any atom is -0.258 e. The second kappa shape index (κ2) is 4.56. The molecule has 0 aliphatic carbocycles. The molecule has 0 aromatic heterocycles. The molecule has 0 unspecified atom stereocenters. The van der Waals surface area contributed by atoms with Gasteiger partial charge < -0.3 is 0 Å².